The van der Waals surface area contributed by atoms with E-state index in [-0.39, 0.29) is 0 Å². The topological polar surface area (TPSA) is 92.6 Å². The van der Waals surface area contributed by atoms with Crippen molar-refractivity contribution in [1.82, 2.24) is 19.9 Å². The van der Waals surface area contributed by atoms with Gasteiger partial charge in [0.1, 0.15) is 5.75 Å². The number of benzene rings is 2. The molecule has 188 valence electrons. The molecule has 3 aromatic heterocycles. The zero-order valence-electron chi connectivity index (χ0n) is 21.3. The van der Waals surface area contributed by atoms with Gasteiger partial charge in [-0.3, -0.25) is 0 Å². The average Bonchev–Trinajstić information content (AvgIpc) is 3.77. The number of anilines is 1. The molecule has 2 aliphatic heterocycles. The summed E-state index contributed by atoms with van der Waals surface area (Å²) in [6, 6.07) is 28.4. The third-order valence-electron chi connectivity index (χ3n) is 6.98. The number of methoxy groups -OCH3 is 1. The molecule has 7 rings (SSSR count). The first-order valence-electron chi connectivity index (χ1n) is 12.7. The number of ether oxygens (including phenoxy) is 1. The normalized spacial score (nSPS) is 12.1. The maximum absolute atomic E-state index is 5.98. The molecule has 0 amide bonds. The van der Waals surface area contributed by atoms with Crippen molar-refractivity contribution >= 4 is 52.1 Å². The van der Waals surface area contributed by atoms with Gasteiger partial charge in [0, 0.05) is 38.9 Å². The van der Waals surface area contributed by atoms with Gasteiger partial charge in [-0.25, -0.2) is 9.97 Å². The van der Waals surface area contributed by atoms with Gasteiger partial charge in [0.25, 0.3) is 0 Å². The van der Waals surface area contributed by atoms with E-state index in [0.29, 0.717) is 0 Å². The third kappa shape index (κ3) is 4.28. The Balaban J connectivity index is 1.54. The van der Waals surface area contributed by atoms with E-state index in [1.807, 2.05) is 48.6 Å². The summed E-state index contributed by atoms with van der Waals surface area (Å²) in [5.41, 5.74) is 18.2. The molecule has 5 aromatic rings. The first-order chi connectivity index (χ1) is 19.1. The third-order valence-corrected chi connectivity index (χ3v) is 6.98. The lowest BCUT2D eigenvalue weighted by atomic mass is 10.0. The van der Waals surface area contributed by atoms with Crippen molar-refractivity contribution in [2.24, 2.45) is 0 Å². The van der Waals surface area contributed by atoms with Gasteiger partial charge < -0.3 is 20.4 Å². The van der Waals surface area contributed by atoms with Crippen LogP contribution in [0.5, 0.6) is 5.75 Å². The number of aromatic nitrogens is 4. The molecule has 6 heteroatoms. The lowest BCUT2D eigenvalue weighted by Gasteiger charge is -2.05. The summed E-state index contributed by atoms with van der Waals surface area (Å²) in [5, 5.41) is 0. The highest BCUT2D eigenvalue weighted by molar-refractivity contribution is 5.93. The molecule has 0 saturated heterocycles. The molecule has 6 nitrogen and oxygen atoms in total. The van der Waals surface area contributed by atoms with Crippen molar-refractivity contribution < 1.29 is 4.74 Å². The number of H-pyrrole nitrogens is 2. The molecule has 2 aliphatic rings. The van der Waals surface area contributed by atoms with Gasteiger partial charge in [0.15, 0.2) is 0 Å². The molecule has 4 N–H and O–H groups in total. The first kappa shape index (κ1) is 22.8. The van der Waals surface area contributed by atoms with Crippen LogP contribution in [0.3, 0.4) is 0 Å². The Bertz CT molecular complexity index is 1940. The van der Waals surface area contributed by atoms with E-state index in [9.17, 15) is 0 Å². The minimum Gasteiger partial charge on any atom is -0.497 e. The maximum atomic E-state index is 5.98. The summed E-state index contributed by atoms with van der Waals surface area (Å²) >= 11 is 0. The Morgan fingerprint density at radius 2 is 1.08 bits per heavy atom. The number of rotatable bonds is 3. The largest absolute Gasteiger partial charge is 0.497 e. The Morgan fingerprint density at radius 3 is 1.56 bits per heavy atom. The van der Waals surface area contributed by atoms with E-state index in [2.05, 4.69) is 70.7 Å². The second kappa shape index (κ2) is 9.19. The van der Waals surface area contributed by atoms with Gasteiger partial charge in [0.2, 0.25) is 0 Å². The van der Waals surface area contributed by atoms with E-state index in [4.69, 9.17) is 20.4 Å². The van der Waals surface area contributed by atoms with Crippen LogP contribution in [0.25, 0.3) is 68.6 Å². The molecule has 39 heavy (non-hydrogen) atoms. The SMILES string of the molecule is COc1ccc(-c2c3nc(cc4ccc([nH]4)c(-c4ccc(N)cc4)c4nc(cc5ccc2[nH]5)C=C4)C=C3)cc1. The number of fused-ring (bicyclic) bond motifs is 8. The van der Waals surface area contributed by atoms with E-state index in [1.54, 1.807) is 7.11 Å². The highest BCUT2D eigenvalue weighted by Crippen LogP contribution is 2.33. The van der Waals surface area contributed by atoms with Crippen LogP contribution in [0.4, 0.5) is 5.69 Å². The number of hydrogen-bond donors (Lipinski definition) is 3. The molecular formula is C33H25N5O. The number of nitrogen functional groups attached to an aromatic ring is 1. The van der Waals surface area contributed by atoms with Crippen LogP contribution in [0.2, 0.25) is 0 Å². The van der Waals surface area contributed by atoms with Crippen molar-refractivity contribution in [3.05, 3.63) is 108 Å². The summed E-state index contributed by atoms with van der Waals surface area (Å²) in [6.45, 7) is 0. The molecule has 8 bridgehead atoms. The minimum atomic E-state index is 0.726. The number of hydrogen-bond acceptors (Lipinski definition) is 4. The van der Waals surface area contributed by atoms with Gasteiger partial charge in [-0.15, -0.1) is 0 Å². The minimum absolute atomic E-state index is 0.726. The van der Waals surface area contributed by atoms with Gasteiger partial charge in [-0.2, -0.15) is 0 Å². The smallest absolute Gasteiger partial charge is 0.118 e. The van der Waals surface area contributed by atoms with Gasteiger partial charge in [-0.05, 0) is 96.1 Å². The molecule has 0 fully saturated rings. The average molecular weight is 508 g/mol. The molecule has 5 heterocycles. The van der Waals surface area contributed by atoms with Crippen molar-refractivity contribution in [1.29, 1.82) is 0 Å². The summed E-state index contributed by atoms with van der Waals surface area (Å²) in [7, 11) is 1.67. The molecular weight excluding hydrogens is 482 g/mol. The van der Waals surface area contributed by atoms with Gasteiger partial charge in [0.05, 0.1) is 29.9 Å². The fourth-order valence-corrected chi connectivity index (χ4v) is 5.09. The van der Waals surface area contributed by atoms with E-state index < -0.39 is 0 Å². The van der Waals surface area contributed by atoms with Crippen molar-refractivity contribution in [2.45, 2.75) is 0 Å². The van der Waals surface area contributed by atoms with Crippen LogP contribution in [0, 0.1) is 0 Å². The molecule has 0 spiro atoms. The van der Waals surface area contributed by atoms with Crippen LogP contribution in [-0.2, 0) is 0 Å². The fraction of sp³-hybridized carbons (Fsp3) is 0.0303. The predicted octanol–water partition coefficient (Wildman–Crippen LogP) is 7.58. The summed E-state index contributed by atoms with van der Waals surface area (Å²) in [6.07, 6.45) is 8.21. The number of nitrogens with zero attached hydrogens (tertiary/aromatic N) is 2. The zero-order valence-corrected chi connectivity index (χ0v) is 21.3. The first-order valence-corrected chi connectivity index (χ1v) is 12.7. The highest BCUT2D eigenvalue weighted by Gasteiger charge is 2.13. The fourth-order valence-electron chi connectivity index (χ4n) is 5.09. The summed E-state index contributed by atoms with van der Waals surface area (Å²) in [4.78, 5) is 17.1. The second-order valence-corrected chi connectivity index (χ2v) is 9.55. The predicted molar refractivity (Wildman–Crippen MR) is 161 cm³/mol. The zero-order chi connectivity index (χ0) is 26.3. The lowest BCUT2D eigenvalue weighted by Crippen LogP contribution is -1.88. The lowest BCUT2D eigenvalue weighted by molar-refractivity contribution is 0.415. The Morgan fingerprint density at radius 1 is 0.590 bits per heavy atom. The van der Waals surface area contributed by atoms with Crippen LogP contribution in [-0.4, -0.2) is 27.0 Å². The molecule has 0 saturated carbocycles. The summed E-state index contributed by atoms with van der Waals surface area (Å²) in [5.74, 6) is 0.813. The number of aromatic amines is 2. The van der Waals surface area contributed by atoms with Crippen LogP contribution < -0.4 is 10.5 Å². The van der Waals surface area contributed by atoms with E-state index in [1.165, 1.54) is 0 Å². The summed E-state index contributed by atoms with van der Waals surface area (Å²) < 4.78 is 5.38. The quantitative estimate of drug-likeness (QED) is 0.215. The van der Waals surface area contributed by atoms with E-state index in [0.717, 1.165) is 78.5 Å². The standard InChI is InChI=1S/C33H25N5O/c1-39-27-12-4-21(5-13-27)33-30-16-10-25(37-30)18-23-8-14-28(35-23)32(20-2-6-22(34)7-3-20)29-15-9-24(36-29)19-26-11-17-31(33)38-26/h2-19,35,38H,34H2,1H3. The second-order valence-electron chi connectivity index (χ2n) is 9.55. The van der Waals surface area contributed by atoms with Crippen LogP contribution >= 0.6 is 0 Å². The number of nitrogens with two attached hydrogens (primary N) is 1. The van der Waals surface area contributed by atoms with Gasteiger partial charge in [-0.1, -0.05) is 24.3 Å². The van der Waals surface area contributed by atoms with Crippen LogP contribution in [0.15, 0.2) is 84.9 Å². The van der Waals surface area contributed by atoms with E-state index >= 15 is 0 Å². The molecule has 2 aromatic carbocycles. The van der Waals surface area contributed by atoms with Gasteiger partial charge >= 0.3 is 0 Å². The molecule has 0 aliphatic carbocycles. The highest BCUT2D eigenvalue weighted by atomic mass is 16.5. The Labute approximate surface area is 225 Å². The van der Waals surface area contributed by atoms with Crippen molar-refractivity contribution in [3.8, 4) is 28.0 Å². The molecule has 0 atom stereocenters. The van der Waals surface area contributed by atoms with Crippen molar-refractivity contribution in [3.63, 3.8) is 0 Å². The Kier molecular flexibility index (Phi) is 5.37. The molecule has 0 unspecified atom stereocenters. The van der Waals surface area contributed by atoms with Crippen LogP contribution in [0.1, 0.15) is 22.8 Å². The molecule has 0 radical (unpaired) electrons. The monoisotopic (exact) mass is 507 g/mol. The number of nitrogens with one attached hydrogen (secondary N) is 2. The van der Waals surface area contributed by atoms with Crippen molar-refractivity contribution in [2.75, 3.05) is 12.8 Å². The Hall–Kier alpha value is -5.36. The maximum Gasteiger partial charge on any atom is 0.118 e.